The predicted molar refractivity (Wildman–Crippen MR) is 92.2 cm³/mol. The lowest BCUT2D eigenvalue weighted by molar-refractivity contribution is 0.169. The zero-order valence-corrected chi connectivity index (χ0v) is 14.5. The molecule has 1 aliphatic rings. The van der Waals surface area contributed by atoms with Crippen molar-refractivity contribution < 1.29 is 0 Å². The van der Waals surface area contributed by atoms with E-state index in [1.807, 2.05) is 11.8 Å². The van der Waals surface area contributed by atoms with E-state index in [2.05, 4.69) is 58.0 Å². The average molecular weight is 301 g/mol. The Kier molecular flexibility index (Phi) is 5.38. The van der Waals surface area contributed by atoms with Crippen molar-refractivity contribution in [1.29, 1.82) is 5.26 Å². The van der Waals surface area contributed by atoms with Crippen molar-refractivity contribution in [1.82, 2.24) is 0 Å². The van der Waals surface area contributed by atoms with Crippen LogP contribution in [-0.4, -0.2) is 5.25 Å². The second-order valence-electron chi connectivity index (χ2n) is 7.45. The second kappa shape index (κ2) is 6.88. The zero-order valence-electron chi connectivity index (χ0n) is 13.7. The maximum absolute atomic E-state index is 9.43. The molecule has 1 saturated carbocycles. The summed E-state index contributed by atoms with van der Waals surface area (Å²) in [6, 6.07) is 11.3. The minimum absolute atomic E-state index is 0.235. The zero-order chi connectivity index (χ0) is 15.5. The lowest BCUT2D eigenvalue weighted by Gasteiger charge is -2.39. The SMILES string of the molecule is Cc1cccc(CSC2CC(C(C)(C)C)CCC2C#N)c1. The van der Waals surface area contributed by atoms with Crippen molar-refractivity contribution in [3.8, 4) is 6.07 Å². The molecule has 3 atom stereocenters. The Labute approximate surface area is 134 Å². The summed E-state index contributed by atoms with van der Waals surface area (Å²) in [5.41, 5.74) is 3.07. The van der Waals surface area contributed by atoms with Crippen LogP contribution in [0, 0.1) is 35.5 Å². The molecule has 1 nitrogen and oxygen atoms in total. The summed E-state index contributed by atoms with van der Waals surface area (Å²) >= 11 is 1.99. The van der Waals surface area contributed by atoms with Crippen LogP contribution in [0.3, 0.4) is 0 Å². The van der Waals surface area contributed by atoms with Crippen molar-refractivity contribution in [2.45, 2.75) is 58.0 Å². The molecule has 0 spiro atoms. The molecule has 0 aromatic heterocycles. The molecule has 2 heteroatoms. The van der Waals surface area contributed by atoms with Crippen LogP contribution in [-0.2, 0) is 5.75 Å². The lowest BCUT2D eigenvalue weighted by atomic mass is 9.70. The van der Waals surface area contributed by atoms with E-state index < -0.39 is 0 Å². The molecule has 0 aliphatic heterocycles. The normalized spacial score (nSPS) is 26.3. The van der Waals surface area contributed by atoms with Gasteiger partial charge in [0.15, 0.2) is 0 Å². The van der Waals surface area contributed by atoms with Crippen LogP contribution in [0.2, 0.25) is 0 Å². The van der Waals surface area contributed by atoms with Gasteiger partial charge in [0, 0.05) is 11.0 Å². The molecule has 0 bridgehead atoms. The summed E-state index contributed by atoms with van der Waals surface area (Å²) in [6.07, 6.45) is 3.48. The largest absolute Gasteiger partial charge is 0.198 e. The topological polar surface area (TPSA) is 23.8 Å². The Morgan fingerprint density at radius 2 is 2.05 bits per heavy atom. The van der Waals surface area contributed by atoms with Crippen LogP contribution in [0.15, 0.2) is 24.3 Å². The van der Waals surface area contributed by atoms with E-state index in [1.165, 1.54) is 24.0 Å². The number of rotatable bonds is 3. The smallest absolute Gasteiger partial charge is 0.0667 e. The monoisotopic (exact) mass is 301 g/mol. The first-order chi connectivity index (χ1) is 9.90. The van der Waals surface area contributed by atoms with E-state index in [9.17, 15) is 5.26 Å². The number of thioether (sulfide) groups is 1. The number of nitrogens with zero attached hydrogens (tertiary/aromatic N) is 1. The second-order valence-corrected chi connectivity index (χ2v) is 8.68. The highest BCUT2D eigenvalue weighted by Crippen LogP contribution is 2.44. The van der Waals surface area contributed by atoms with Crippen molar-refractivity contribution >= 4 is 11.8 Å². The third-order valence-electron chi connectivity index (χ3n) is 4.73. The summed E-state index contributed by atoms with van der Waals surface area (Å²) < 4.78 is 0. The van der Waals surface area contributed by atoms with Gasteiger partial charge in [0.05, 0.1) is 12.0 Å². The Morgan fingerprint density at radius 1 is 1.29 bits per heavy atom. The maximum Gasteiger partial charge on any atom is 0.0667 e. The molecule has 0 amide bonds. The fraction of sp³-hybridized carbons (Fsp3) is 0.632. The molecular formula is C19H27NS. The van der Waals surface area contributed by atoms with Crippen molar-refractivity contribution in [3.05, 3.63) is 35.4 Å². The quantitative estimate of drug-likeness (QED) is 0.727. The first-order valence-corrected chi connectivity index (χ1v) is 9.02. The maximum atomic E-state index is 9.43. The number of nitriles is 1. The van der Waals surface area contributed by atoms with E-state index in [1.54, 1.807) is 0 Å². The van der Waals surface area contributed by atoms with Gasteiger partial charge in [-0.1, -0.05) is 50.6 Å². The van der Waals surface area contributed by atoms with Crippen LogP contribution in [0.5, 0.6) is 0 Å². The number of hydrogen-bond acceptors (Lipinski definition) is 2. The van der Waals surface area contributed by atoms with Gasteiger partial charge in [-0.05, 0) is 43.1 Å². The third-order valence-corrected chi connectivity index (χ3v) is 6.18. The van der Waals surface area contributed by atoms with Crippen molar-refractivity contribution in [2.75, 3.05) is 0 Å². The van der Waals surface area contributed by atoms with Crippen LogP contribution in [0.1, 0.15) is 51.2 Å². The molecule has 1 aromatic rings. The summed E-state index contributed by atoms with van der Waals surface area (Å²) in [5.74, 6) is 2.01. The molecule has 2 rings (SSSR count). The van der Waals surface area contributed by atoms with Crippen LogP contribution >= 0.6 is 11.8 Å². The van der Waals surface area contributed by atoms with E-state index in [0.717, 1.165) is 18.1 Å². The van der Waals surface area contributed by atoms with Crippen molar-refractivity contribution in [3.63, 3.8) is 0 Å². The van der Waals surface area contributed by atoms with Gasteiger partial charge in [0.1, 0.15) is 0 Å². The molecule has 114 valence electrons. The average Bonchev–Trinajstić information content (AvgIpc) is 2.44. The predicted octanol–water partition coefficient (Wildman–Crippen LogP) is 5.58. The van der Waals surface area contributed by atoms with E-state index in [-0.39, 0.29) is 5.92 Å². The first-order valence-electron chi connectivity index (χ1n) is 7.97. The van der Waals surface area contributed by atoms with Gasteiger partial charge in [0.25, 0.3) is 0 Å². The molecule has 0 saturated heterocycles. The molecule has 1 aromatic carbocycles. The van der Waals surface area contributed by atoms with Gasteiger partial charge in [-0.15, -0.1) is 0 Å². The van der Waals surface area contributed by atoms with Crippen LogP contribution in [0.4, 0.5) is 0 Å². The van der Waals surface area contributed by atoms with E-state index in [0.29, 0.717) is 10.7 Å². The highest BCUT2D eigenvalue weighted by molar-refractivity contribution is 7.99. The molecule has 3 unspecified atom stereocenters. The molecular weight excluding hydrogens is 274 g/mol. The van der Waals surface area contributed by atoms with Gasteiger partial charge in [-0.3, -0.25) is 0 Å². The Bertz CT molecular complexity index is 509. The number of aryl methyl sites for hydroxylation is 1. The fourth-order valence-corrected chi connectivity index (χ4v) is 4.64. The Hall–Kier alpha value is -0.940. The highest BCUT2D eigenvalue weighted by Gasteiger charge is 2.36. The lowest BCUT2D eigenvalue weighted by Crippen LogP contribution is -2.33. The van der Waals surface area contributed by atoms with E-state index >= 15 is 0 Å². The van der Waals surface area contributed by atoms with Gasteiger partial charge >= 0.3 is 0 Å². The molecule has 21 heavy (non-hydrogen) atoms. The summed E-state index contributed by atoms with van der Waals surface area (Å²) in [6.45, 7) is 9.16. The molecule has 0 N–H and O–H groups in total. The molecule has 0 radical (unpaired) electrons. The molecule has 1 fully saturated rings. The van der Waals surface area contributed by atoms with Crippen LogP contribution < -0.4 is 0 Å². The standard InChI is InChI=1S/C19H27NS/c1-14-6-5-7-15(10-14)13-21-18-11-17(19(2,3)4)9-8-16(18)12-20/h5-7,10,16-18H,8-9,11,13H2,1-4H3. The summed E-state index contributed by atoms with van der Waals surface area (Å²) in [5, 5.41) is 9.92. The number of benzene rings is 1. The van der Waals surface area contributed by atoms with Gasteiger partial charge in [-0.2, -0.15) is 17.0 Å². The molecule has 1 aliphatic carbocycles. The van der Waals surface area contributed by atoms with Crippen LogP contribution in [0.25, 0.3) is 0 Å². The third kappa shape index (κ3) is 4.51. The molecule has 0 heterocycles. The first kappa shape index (κ1) is 16.4. The van der Waals surface area contributed by atoms with Gasteiger partial charge in [0.2, 0.25) is 0 Å². The van der Waals surface area contributed by atoms with E-state index in [4.69, 9.17) is 0 Å². The Balaban J connectivity index is 2.00. The minimum Gasteiger partial charge on any atom is -0.198 e. The number of hydrogen-bond donors (Lipinski definition) is 0. The van der Waals surface area contributed by atoms with Gasteiger partial charge < -0.3 is 0 Å². The van der Waals surface area contributed by atoms with Crippen molar-refractivity contribution in [2.24, 2.45) is 17.3 Å². The summed E-state index contributed by atoms with van der Waals surface area (Å²) in [7, 11) is 0. The fourth-order valence-electron chi connectivity index (χ4n) is 3.25. The minimum atomic E-state index is 0.235. The highest BCUT2D eigenvalue weighted by atomic mass is 32.2. The Morgan fingerprint density at radius 3 is 2.67 bits per heavy atom. The van der Waals surface area contributed by atoms with Gasteiger partial charge in [-0.25, -0.2) is 0 Å². The summed E-state index contributed by atoms with van der Waals surface area (Å²) in [4.78, 5) is 0.